The first-order chi connectivity index (χ1) is 14.0. The highest BCUT2D eigenvalue weighted by Crippen LogP contribution is 2.36. The molecule has 2 rings (SSSR count). The van der Waals surface area contributed by atoms with Gasteiger partial charge in [0.1, 0.15) is 18.5 Å². The lowest BCUT2D eigenvalue weighted by molar-refractivity contribution is -0.140. The molecule has 160 valence electrons. The number of methoxy groups -OCH3 is 1. The summed E-state index contributed by atoms with van der Waals surface area (Å²) >= 11 is 0. The van der Waals surface area contributed by atoms with E-state index in [0.29, 0.717) is 25.0 Å². The molecule has 3 N–H and O–H groups in total. The normalized spacial score (nSPS) is 25.5. The van der Waals surface area contributed by atoms with Gasteiger partial charge in [-0.05, 0) is 37.3 Å². The van der Waals surface area contributed by atoms with Crippen LogP contribution in [0.15, 0.2) is 54.6 Å². The maximum Gasteiger partial charge on any atom is 0.305 e. The van der Waals surface area contributed by atoms with Crippen molar-refractivity contribution in [3.8, 4) is 5.75 Å². The fourth-order valence-electron chi connectivity index (χ4n) is 3.55. The van der Waals surface area contributed by atoms with E-state index < -0.39 is 18.3 Å². The predicted octanol–water partition coefficient (Wildman–Crippen LogP) is 2.63. The van der Waals surface area contributed by atoms with Crippen LogP contribution in [-0.4, -0.2) is 53.3 Å². The zero-order valence-corrected chi connectivity index (χ0v) is 16.9. The average molecular weight is 405 g/mol. The van der Waals surface area contributed by atoms with E-state index in [0.717, 1.165) is 12.8 Å². The van der Waals surface area contributed by atoms with Crippen LogP contribution in [0.2, 0.25) is 0 Å². The van der Waals surface area contributed by atoms with Gasteiger partial charge in [0.05, 0.1) is 19.3 Å². The predicted molar refractivity (Wildman–Crippen MR) is 110 cm³/mol. The molecule has 0 amide bonds. The fraction of sp³-hybridized carbons (Fsp3) is 0.522. The molecule has 6 heteroatoms. The summed E-state index contributed by atoms with van der Waals surface area (Å²) in [5, 5.41) is 30.7. The Labute approximate surface area is 172 Å². The van der Waals surface area contributed by atoms with Gasteiger partial charge in [-0.2, -0.15) is 0 Å². The quantitative estimate of drug-likeness (QED) is 0.298. The lowest BCUT2D eigenvalue weighted by atomic mass is 9.89. The number of ether oxygens (including phenoxy) is 2. The third-order valence-electron chi connectivity index (χ3n) is 5.19. The molecule has 0 bridgehead atoms. The first-order valence-electron chi connectivity index (χ1n) is 10.1. The topological polar surface area (TPSA) is 96.2 Å². The summed E-state index contributed by atoms with van der Waals surface area (Å²) in [6.07, 6.45) is 8.19. The Morgan fingerprint density at radius 1 is 1.21 bits per heavy atom. The highest BCUT2D eigenvalue weighted by Gasteiger charge is 2.39. The van der Waals surface area contributed by atoms with Crippen molar-refractivity contribution in [2.24, 2.45) is 11.8 Å². The van der Waals surface area contributed by atoms with E-state index in [2.05, 4.69) is 4.74 Å². The molecule has 5 atom stereocenters. The van der Waals surface area contributed by atoms with Crippen LogP contribution in [0, 0.1) is 11.8 Å². The fourth-order valence-corrected chi connectivity index (χ4v) is 3.55. The third kappa shape index (κ3) is 8.01. The molecule has 0 saturated heterocycles. The SMILES string of the molecule is COC(=O)CCC/C=C\C[C@@H]1[C@@H](/C=C/[C@H](O)COc2ccccc2)[C@H](O)C[C@@H]1O. The monoisotopic (exact) mass is 404 g/mol. The number of carbonyl (C=O) groups excluding carboxylic acids is 1. The van der Waals surface area contributed by atoms with E-state index in [1.165, 1.54) is 7.11 Å². The van der Waals surface area contributed by atoms with Gasteiger partial charge in [0.2, 0.25) is 0 Å². The van der Waals surface area contributed by atoms with Gasteiger partial charge in [-0.1, -0.05) is 42.5 Å². The van der Waals surface area contributed by atoms with Crippen LogP contribution in [0.25, 0.3) is 0 Å². The van der Waals surface area contributed by atoms with Crippen molar-refractivity contribution in [2.45, 2.75) is 50.4 Å². The number of benzene rings is 1. The average Bonchev–Trinajstić information content (AvgIpc) is 3.00. The Kier molecular flexibility index (Phi) is 9.91. The number of hydrogen-bond acceptors (Lipinski definition) is 6. The molecule has 1 fully saturated rings. The van der Waals surface area contributed by atoms with Gasteiger partial charge >= 0.3 is 5.97 Å². The van der Waals surface area contributed by atoms with Crippen molar-refractivity contribution < 1.29 is 29.6 Å². The Hall–Kier alpha value is -2.15. The largest absolute Gasteiger partial charge is 0.491 e. The van der Waals surface area contributed by atoms with Gasteiger partial charge < -0.3 is 24.8 Å². The van der Waals surface area contributed by atoms with Crippen LogP contribution in [0.1, 0.15) is 32.1 Å². The number of esters is 1. The van der Waals surface area contributed by atoms with Crippen LogP contribution in [0.4, 0.5) is 0 Å². The van der Waals surface area contributed by atoms with E-state index >= 15 is 0 Å². The van der Waals surface area contributed by atoms with Crippen LogP contribution in [-0.2, 0) is 9.53 Å². The van der Waals surface area contributed by atoms with Crippen LogP contribution in [0.5, 0.6) is 5.75 Å². The molecule has 0 spiro atoms. The second-order valence-electron chi connectivity index (χ2n) is 7.36. The number of aliphatic hydroxyl groups is 3. The summed E-state index contributed by atoms with van der Waals surface area (Å²) in [7, 11) is 1.38. The minimum atomic E-state index is -0.797. The number of hydrogen-bond donors (Lipinski definition) is 3. The van der Waals surface area contributed by atoms with E-state index in [9.17, 15) is 20.1 Å². The Balaban J connectivity index is 1.80. The summed E-state index contributed by atoms with van der Waals surface area (Å²) in [6, 6.07) is 9.26. The Morgan fingerprint density at radius 3 is 2.69 bits per heavy atom. The summed E-state index contributed by atoms with van der Waals surface area (Å²) in [4.78, 5) is 11.1. The van der Waals surface area contributed by atoms with Crippen molar-refractivity contribution in [3.63, 3.8) is 0 Å². The van der Waals surface area contributed by atoms with Gasteiger partial charge in [0.25, 0.3) is 0 Å². The molecule has 29 heavy (non-hydrogen) atoms. The standard InChI is InChI=1S/C23H32O6/c1-28-23(27)12-8-3-2-7-11-19-20(22(26)15-21(19)25)14-13-17(24)16-29-18-9-5-4-6-10-18/h2,4-7,9-10,13-14,17,19-22,24-26H,3,8,11-12,15-16H2,1H3/b7-2-,14-13+/t17-,19+,20+,21-,22+/m0/s1. The molecule has 1 saturated carbocycles. The van der Waals surface area contributed by atoms with Gasteiger partial charge in [-0.3, -0.25) is 4.79 Å². The first kappa shape index (κ1) is 23.1. The minimum absolute atomic E-state index is 0.111. The highest BCUT2D eigenvalue weighted by molar-refractivity contribution is 5.69. The van der Waals surface area contributed by atoms with E-state index in [4.69, 9.17) is 4.74 Å². The molecular formula is C23H32O6. The molecule has 1 aliphatic carbocycles. The second kappa shape index (κ2) is 12.4. The third-order valence-corrected chi connectivity index (χ3v) is 5.19. The lowest BCUT2D eigenvalue weighted by Crippen LogP contribution is -2.21. The number of carbonyl (C=O) groups is 1. The number of rotatable bonds is 11. The molecule has 6 nitrogen and oxygen atoms in total. The number of allylic oxidation sites excluding steroid dienone is 2. The van der Waals surface area contributed by atoms with E-state index in [1.54, 1.807) is 12.2 Å². The molecule has 1 aliphatic rings. The smallest absolute Gasteiger partial charge is 0.305 e. The number of para-hydroxylation sites is 1. The lowest BCUT2D eigenvalue weighted by Gasteiger charge is -2.19. The molecule has 0 aliphatic heterocycles. The molecule has 0 heterocycles. The van der Waals surface area contributed by atoms with Crippen molar-refractivity contribution in [1.29, 1.82) is 0 Å². The summed E-state index contributed by atoms with van der Waals surface area (Å²) in [5.41, 5.74) is 0. The van der Waals surface area contributed by atoms with Gasteiger partial charge in [-0.15, -0.1) is 0 Å². The van der Waals surface area contributed by atoms with Crippen LogP contribution >= 0.6 is 0 Å². The summed E-state index contributed by atoms with van der Waals surface area (Å²) < 4.78 is 10.1. The van der Waals surface area contributed by atoms with Crippen molar-refractivity contribution in [2.75, 3.05) is 13.7 Å². The maximum absolute atomic E-state index is 11.1. The zero-order valence-electron chi connectivity index (χ0n) is 16.9. The van der Waals surface area contributed by atoms with Gasteiger partial charge in [0.15, 0.2) is 0 Å². The Bertz CT molecular complexity index is 657. The van der Waals surface area contributed by atoms with E-state index in [1.807, 2.05) is 42.5 Å². The van der Waals surface area contributed by atoms with E-state index in [-0.39, 0.29) is 24.4 Å². The van der Waals surface area contributed by atoms with Gasteiger partial charge in [0, 0.05) is 18.8 Å². The highest BCUT2D eigenvalue weighted by atomic mass is 16.5. The van der Waals surface area contributed by atoms with Gasteiger partial charge in [-0.25, -0.2) is 0 Å². The number of aliphatic hydroxyl groups excluding tert-OH is 3. The summed E-state index contributed by atoms with van der Waals surface area (Å²) in [6.45, 7) is 0.122. The van der Waals surface area contributed by atoms with Crippen molar-refractivity contribution in [3.05, 3.63) is 54.6 Å². The molecule has 1 aromatic carbocycles. The van der Waals surface area contributed by atoms with Crippen molar-refractivity contribution >= 4 is 5.97 Å². The summed E-state index contributed by atoms with van der Waals surface area (Å²) in [5.74, 6) is 0.135. The molecule has 1 aromatic rings. The molecular weight excluding hydrogens is 372 g/mol. The van der Waals surface area contributed by atoms with Crippen molar-refractivity contribution in [1.82, 2.24) is 0 Å². The second-order valence-corrected chi connectivity index (χ2v) is 7.36. The molecule has 0 aromatic heterocycles. The first-order valence-corrected chi connectivity index (χ1v) is 10.1. The molecule has 0 radical (unpaired) electrons. The molecule has 0 unspecified atom stereocenters. The maximum atomic E-state index is 11.1. The zero-order chi connectivity index (χ0) is 21.1. The van der Waals surface area contributed by atoms with Crippen LogP contribution in [0.3, 0.4) is 0 Å². The Morgan fingerprint density at radius 2 is 1.97 bits per heavy atom. The number of unbranched alkanes of at least 4 members (excludes halogenated alkanes) is 1. The van der Waals surface area contributed by atoms with Crippen LogP contribution < -0.4 is 4.74 Å². The minimum Gasteiger partial charge on any atom is -0.491 e.